The molecule has 6 saturated heterocycles. The number of ether oxygens (including phenoxy) is 5. The summed E-state index contributed by atoms with van der Waals surface area (Å²) < 4.78 is 150. The van der Waals surface area contributed by atoms with Crippen molar-refractivity contribution >= 4 is 41.1 Å². The van der Waals surface area contributed by atoms with Crippen LogP contribution >= 0.6 is 23.2 Å². The molecule has 6 aliphatic heterocycles. The summed E-state index contributed by atoms with van der Waals surface area (Å²) in [7, 11) is -11.0. The molecule has 0 bridgehead atoms. The molecule has 4 unspecified atom stereocenters. The number of cyclic esters (lactones) is 2. The first-order valence-corrected chi connectivity index (χ1v) is 37.7. The Kier molecular flexibility index (Phi) is 24.5. The molecule has 0 radical (unpaired) electrons. The molecule has 6 fully saturated rings. The Labute approximate surface area is 599 Å². The highest BCUT2D eigenvalue weighted by Crippen LogP contribution is 2.52. The van der Waals surface area contributed by atoms with Crippen molar-refractivity contribution in [2.24, 2.45) is 0 Å². The van der Waals surface area contributed by atoms with Crippen molar-refractivity contribution in [2.45, 2.75) is 171 Å². The number of aliphatic hydroxyl groups is 3. The molecule has 1 amide bonds. The molecule has 3 aromatic carbocycles. The molecule has 6 aromatic rings. The number of aryl methyl sites for hydroxylation is 3. The van der Waals surface area contributed by atoms with E-state index in [9.17, 15) is 57.8 Å². The molecule has 0 spiro atoms. The largest absolute Gasteiger partial charge is 0.464 e. The highest BCUT2D eigenvalue weighted by Gasteiger charge is 2.59. The predicted octanol–water partition coefficient (Wildman–Crippen LogP) is 5.63. The second-order valence-electron chi connectivity index (χ2n) is 26.7. The Balaban J connectivity index is 0.000000169. The Hall–Kier alpha value is -7.89. The molecule has 0 saturated carbocycles. The fourth-order valence-electron chi connectivity index (χ4n) is 11.9. The minimum Gasteiger partial charge on any atom is -0.464 e. The molecule has 33 nitrogen and oxygen atoms in total. The van der Waals surface area contributed by atoms with E-state index in [1.807, 2.05) is 0 Å². The zero-order valence-electron chi connectivity index (χ0n) is 58.3. The molecule has 0 aliphatic carbocycles. The molecule has 12 rings (SSSR count). The maximum Gasteiger partial charge on any atom is 0.459 e. The monoisotopic (exact) mass is 1530 g/mol. The summed E-state index contributed by atoms with van der Waals surface area (Å²) in [4.78, 5) is 86.2. The zero-order valence-corrected chi connectivity index (χ0v) is 61.0. The van der Waals surface area contributed by atoms with Gasteiger partial charge in [-0.05, 0) is 116 Å². The molecular formula is C66H82F3N10O23P3. The molecule has 39 heteroatoms. The first kappa shape index (κ1) is 79.7. The van der Waals surface area contributed by atoms with Gasteiger partial charge in [0.25, 0.3) is 0 Å². The summed E-state index contributed by atoms with van der Waals surface area (Å²) >= 11 is 0. The second kappa shape index (κ2) is 32.3. The number of aliphatic hydroxyl groups excluding tert-OH is 3. The Morgan fingerprint density at radius 3 is 1.11 bits per heavy atom. The fourth-order valence-corrected chi connectivity index (χ4v) is 16.5. The number of benzene rings is 3. The first-order valence-electron chi connectivity index (χ1n) is 33.1. The Morgan fingerprint density at radius 1 is 0.495 bits per heavy atom. The van der Waals surface area contributed by atoms with Crippen LogP contribution in [-0.2, 0) is 65.3 Å². The van der Waals surface area contributed by atoms with Gasteiger partial charge in [0, 0.05) is 62.1 Å². The molecule has 105 heavy (non-hydrogen) atoms. The quantitative estimate of drug-likeness (QED) is 0.0315. The Bertz CT molecular complexity index is 4420. The highest BCUT2D eigenvalue weighted by atomic mass is 31.2. The van der Waals surface area contributed by atoms with Crippen LogP contribution in [0.5, 0.6) is 17.2 Å². The van der Waals surface area contributed by atoms with Crippen LogP contribution in [0, 0.1) is 20.8 Å². The molecular weight excluding hydrogens is 1450 g/mol. The van der Waals surface area contributed by atoms with E-state index in [1.165, 1.54) is 53.8 Å². The minimum atomic E-state index is -4.26. The number of hydrogen-bond acceptors (Lipinski definition) is 26. The summed E-state index contributed by atoms with van der Waals surface area (Å²) in [6.07, 6.45) is -8.78. The number of alkyl halides is 3. The lowest BCUT2D eigenvalue weighted by atomic mass is 9.98. The molecule has 570 valence electrons. The van der Waals surface area contributed by atoms with Crippen molar-refractivity contribution in [2.75, 3.05) is 40.0 Å². The van der Waals surface area contributed by atoms with Gasteiger partial charge in [-0.2, -0.15) is 30.2 Å². The van der Waals surface area contributed by atoms with Crippen molar-refractivity contribution in [3.8, 4) is 17.2 Å². The SMILES string of the molecule is Cc1ccn([C@@H]2O[C@H](COP(=O)(NC3CC(C)(C)OC3=O)Oc3ccccc3)[C@@H](O)[C@@]2(C)F)c(=O)n1.Cc1ccn([C@@H]2O[C@H](COP(=O)(N[C@H]3CCN(C)C3=O)Oc3ccccc3)[C@@H](O)[C@@]2(C)F)c(=O)n1.Cc1ccn([C@@H]2O[C@H](COP(=O)(N[C@H]3CCOC3=O)Oc3ccccc3)[C@@H](O)[C@@]2(C)F)c(=O)n1. The van der Waals surface area contributed by atoms with Crippen LogP contribution in [-0.4, -0.2) is 184 Å². The number of esters is 2. The molecule has 6 aliphatic rings. The number of amides is 1. The second-order valence-corrected chi connectivity index (χ2v) is 31.8. The van der Waals surface area contributed by atoms with Crippen LogP contribution in [0.25, 0.3) is 0 Å². The van der Waals surface area contributed by atoms with Crippen molar-refractivity contribution < 1.29 is 107 Å². The molecule has 9 heterocycles. The van der Waals surface area contributed by atoms with Gasteiger partial charge < -0.3 is 57.5 Å². The zero-order chi connectivity index (χ0) is 76.2. The predicted molar refractivity (Wildman–Crippen MR) is 363 cm³/mol. The summed E-state index contributed by atoms with van der Waals surface area (Å²) in [6.45, 7) is 10.5. The third kappa shape index (κ3) is 18.9. The number of likely N-dealkylation sites (tertiary alicyclic amines) is 1. The third-order valence-corrected chi connectivity index (χ3v) is 22.3. The van der Waals surface area contributed by atoms with Crippen molar-refractivity contribution in [1.82, 2.24) is 48.8 Å². The van der Waals surface area contributed by atoms with Gasteiger partial charge in [0.2, 0.25) is 5.91 Å². The smallest absolute Gasteiger partial charge is 0.459 e. The number of aromatic nitrogens is 6. The number of para-hydroxylation sites is 3. The van der Waals surface area contributed by atoms with E-state index in [1.54, 1.807) is 121 Å². The Morgan fingerprint density at radius 2 is 0.829 bits per heavy atom. The average Bonchev–Trinajstić information content (AvgIpc) is 1.63. The van der Waals surface area contributed by atoms with Gasteiger partial charge in [0.1, 0.15) is 71.6 Å². The summed E-state index contributed by atoms with van der Waals surface area (Å²) in [5.74, 6) is -0.897. The maximum absolute atomic E-state index is 15.5. The van der Waals surface area contributed by atoms with E-state index >= 15 is 13.2 Å². The number of carbonyl (C=O) groups is 3. The van der Waals surface area contributed by atoms with Gasteiger partial charge in [0.15, 0.2) is 35.7 Å². The van der Waals surface area contributed by atoms with Gasteiger partial charge in [-0.25, -0.2) is 41.3 Å². The molecule has 6 N–H and O–H groups in total. The van der Waals surface area contributed by atoms with E-state index in [4.69, 9.17) is 50.8 Å². The van der Waals surface area contributed by atoms with Crippen LogP contribution < -0.4 is 45.9 Å². The van der Waals surface area contributed by atoms with Gasteiger partial charge in [-0.15, -0.1) is 0 Å². The lowest BCUT2D eigenvalue weighted by Crippen LogP contribution is -2.43. The summed E-state index contributed by atoms with van der Waals surface area (Å²) in [6, 6.07) is 26.3. The number of nitrogens with one attached hydrogen (secondary N) is 3. The first-order chi connectivity index (χ1) is 49.4. The lowest BCUT2D eigenvalue weighted by Gasteiger charge is -2.25. The van der Waals surface area contributed by atoms with Gasteiger partial charge >= 0.3 is 52.2 Å². The lowest BCUT2D eigenvalue weighted by molar-refractivity contribution is -0.147. The number of likely N-dealkylation sites (N-methyl/N-ethyl adjacent to an activating group) is 1. The minimum absolute atomic E-state index is 0.146. The summed E-state index contributed by atoms with van der Waals surface area (Å²) in [5.41, 5.74) is -8.86. The summed E-state index contributed by atoms with van der Waals surface area (Å²) in [5, 5.41) is 39.6. The van der Waals surface area contributed by atoms with Crippen LogP contribution in [0.2, 0.25) is 0 Å². The highest BCUT2D eigenvalue weighted by molar-refractivity contribution is 7.52. The van der Waals surface area contributed by atoms with E-state index in [0.717, 1.165) is 34.5 Å². The normalized spacial score (nSPS) is 30.7. The third-order valence-electron chi connectivity index (χ3n) is 17.6. The van der Waals surface area contributed by atoms with Crippen molar-refractivity contribution in [3.05, 3.63) is 176 Å². The van der Waals surface area contributed by atoms with E-state index in [0.29, 0.717) is 30.0 Å². The van der Waals surface area contributed by atoms with E-state index in [2.05, 4.69) is 30.2 Å². The van der Waals surface area contributed by atoms with Crippen LogP contribution in [0.3, 0.4) is 0 Å². The van der Waals surface area contributed by atoms with E-state index in [-0.39, 0.29) is 42.6 Å². The van der Waals surface area contributed by atoms with Crippen molar-refractivity contribution in [1.29, 1.82) is 0 Å². The number of nitrogens with zero attached hydrogens (tertiary/aromatic N) is 7. The molecule has 3 aromatic heterocycles. The van der Waals surface area contributed by atoms with Crippen LogP contribution in [0.4, 0.5) is 13.2 Å². The topological polar surface area (TPSA) is 409 Å². The number of hydrogen-bond donors (Lipinski definition) is 6. The van der Waals surface area contributed by atoms with Crippen molar-refractivity contribution in [3.63, 3.8) is 0 Å². The van der Waals surface area contributed by atoms with Crippen LogP contribution in [0.1, 0.15) is 89.6 Å². The standard InChI is InChI=1S/C23H29FN3O8P.C22H28FN4O7P.C21H25FN3O8P/c1-14-10-11-27(21(30)25-14)20-23(4,24)18(28)17(33-20)13-32-36(31,35-15-8-6-5-7-9-15)26-16-12-22(2,3)34-19(16)29;1-14-9-12-27(21(30)24-14)20-22(2,23)18(28)17(33-20)13-32-35(31,34-15-7-5-4-6-8-15)25-16-10-11-26(3)19(16)29;1-13-8-10-25(20(28)23-13)19-21(2,22)17(26)16(32-19)12-31-34(29,24-15-9-11-30-18(15)27)33-14-6-4-3-5-7-14/h5-11,16-18,20,28H,12-13H2,1-4H3,(H,26,31);4-9,12,16-18,20,28H,10-11,13H2,1-3H3,(H,25,31);3-8,10,15-17,19,26H,9,11-12H2,1-2H3,(H,24,29)/t16?,17-,18-,20-,23-,36?;16-,17+,18+,20+,22+,35?;15-,16+,17+,19+,21+,34?/m100/s1. The number of rotatable bonds is 24. The molecule has 18 atom stereocenters. The van der Waals surface area contributed by atoms with Gasteiger partial charge in [-0.3, -0.25) is 41.7 Å². The number of carbonyl (C=O) groups excluding carboxylic acids is 3. The van der Waals surface area contributed by atoms with Crippen LogP contribution in [0.15, 0.2) is 142 Å². The van der Waals surface area contributed by atoms with Gasteiger partial charge in [0.05, 0.1) is 32.5 Å². The van der Waals surface area contributed by atoms with E-state index < -0.39 is 168 Å². The number of halogens is 3. The average molecular weight is 1530 g/mol. The maximum atomic E-state index is 15.5. The fraction of sp³-hybridized carbons (Fsp3) is 0.500. The van der Waals surface area contributed by atoms with Gasteiger partial charge in [-0.1, -0.05) is 54.6 Å².